The lowest BCUT2D eigenvalue weighted by molar-refractivity contribution is -0.127. The van der Waals surface area contributed by atoms with Crippen LogP contribution < -0.4 is 11.2 Å². The number of ketones is 1. The molecule has 8 nitrogen and oxygen atoms in total. The maximum atomic E-state index is 13.3. The van der Waals surface area contributed by atoms with Gasteiger partial charge in [0.15, 0.2) is 16.9 Å². The standard InChI is InChI=1S/C23H27N5O3/c1-13-8-9-16(14(2)10-13)28-15(3)11-26-18-19(24-21(26)28)25(7)22(31)27(20(18)30)12-17(29)23(4,5)6/h8-11H,12H2,1-7H3. The van der Waals surface area contributed by atoms with E-state index in [9.17, 15) is 14.4 Å². The van der Waals surface area contributed by atoms with Gasteiger partial charge in [-0.1, -0.05) is 38.5 Å². The van der Waals surface area contributed by atoms with Crippen LogP contribution >= 0.6 is 0 Å². The van der Waals surface area contributed by atoms with E-state index in [1.807, 2.05) is 43.7 Å². The molecule has 0 aliphatic carbocycles. The van der Waals surface area contributed by atoms with Crippen molar-refractivity contribution in [2.24, 2.45) is 12.5 Å². The number of carbonyl (C=O) groups excluding carboxylic acids is 1. The lowest BCUT2D eigenvalue weighted by Gasteiger charge is -2.17. The van der Waals surface area contributed by atoms with Gasteiger partial charge in [0.1, 0.15) is 0 Å². The van der Waals surface area contributed by atoms with Crippen molar-refractivity contribution >= 4 is 22.7 Å². The number of Topliss-reactive ketones (excluding diaryl/α,β-unsaturated/α-hetero) is 1. The monoisotopic (exact) mass is 421 g/mol. The van der Waals surface area contributed by atoms with Crippen molar-refractivity contribution in [3.8, 4) is 5.69 Å². The number of hydrogen-bond donors (Lipinski definition) is 0. The lowest BCUT2D eigenvalue weighted by Crippen LogP contribution is -2.42. The van der Waals surface area contributed by atoms with Gasteiger partial charge in [0.25, 0.3) is 5.56 Å². The highest BCUT2D eigenvalue weighted by atomic mass is 16.2. The molecule has 0 saturated carbocycles. The number of rotatable bonds is 3. The lowest BCUT2D eigenvalue weighted by atomic mass is 9.91. The van der Waals surface area contributed by atoms with E-state index in [1.165, 1.54) is 4.57 Å². The molecule has 0 spiro atoms. The topological polar surface area (TPSA) is 83.3 Å². The summed E-state index contributed by atoms with van der Waals surface area (Å²) < 4.78 is 6.03. The van der Waals surface area contributed by atoms with Crippen LogP contribution in [0.4, 0.5) is 0 Å². The maximum Gasteiger partial charge on any atom is 0.332 e. The van der Waals surface area contributed by atoms with Gasteiger partial charge in [-0.3, -0.25) is 27.7 Å². The molecule has 0 bridgehead atoms. The predicted molar refractivity (Wildman–Crippen MR) is 120 cm³/mol. The number of carbonyl (C=O) groups is 1. The summed E-state index contributed by atoms with van der Waals surface area (Å²) in [5.74, 6) is 0.363. The Balaban J connectivity index is 2.05. The van der Waals surface area contributed by atoms with Gasteiger partial charge in [0, 0.05) is 24.4 Å². The Labute approximate surface area is 179 Å². The Morgan fingerprint density at radius 2 is 1.77 bits per heavy atom. The normalized spacial score (nSPS) is 12.2. The second kappa shape index (κ2) is 6.80. The Kier molecular flexibility index (Phi) is 4.57. The van der Waals surface area contributed by atoms with Gasteiger partial charge < -0.3 is 0 Å². The van der Waals surface area contributed by atoms with Crippen molar-refractivity contribution < 1.29 is 4.79 Å². The van der Waals surface area contributed by atoms with Crippen LogP contribution in [-0.4, -0.2) is 28.9 Å². The summed E-state index contributed by atoms with van der Waals surface area (Å²) in [5.41, 5.74) is 2.96. The molecule has 8 heteroatoms. The van der Waals surface area contributed by atoms with E-state index in [2.05, 4.69) is 11.1 Å². The molecule has 0 radical (unpaired) electrons. The summed E-state index contributed by atoms with van der Waals surface area (Å²) in [7, 11) is 1.57. The smallest absolute Gasteiger partial charge is 0.297 e. The highest BCUT2D eigenvalue weighted by Gasteiger charge is 2.26. The van der Waals surface area contributed by atoms with Gasteiger partial charge in [0.05, 0.1) is 12.2 Å². The minimum absolute atomic E-state index is 0.184. The van der Waals surface area contributed by atoms with Crippen molar-refractivity contribution in [3.05, 3.63) is 62.1 Å². The molecule has 0 atom stereocenters. The molecule has 0 fully saturated rings. The van der Waals surface area contributed by atoms with Gasteiger partial charge in [0.2, 0.25) is 5.78 Å². The first-order chi connectivity index (χ1) is 14.4. The quantitative estimate of drug-likeness (QED) is 0.509. The van der Waals surface area contributed by atoms with Crippen LogP contribution in [0.3, 0.4) is 0 Å². The SMILES string of the molecule is Cc1ccc(-n2c(C)cn3c4c(=O)n(CC(=O)C(C)(C)C)c(=O)n(C)c4nc23)c(C)c1. The Morgan fingerprint density at radius 3 is 2.39 bits per heavy atom. The fraction of sp³-hybridized carbons (Fsp3) is 0.391. The summed E-state index contributed by atoms with van der Waals surface area (Å²) in [5, 5.41) is 0. The summed E-state index contributed by atoms with van der Waals surface area (Å²) in [6, 6.07) is 6.15. The van der Waals surface area contributed by atoms with Crippen LogP contribution in [0.1, 0.15) is 37.6 Å². The number of aryl methyl sites for hydroxylation is 4. The first-order valence-corrected chi connectivity index (χ1v) is 10.2. The maximum absolute atomic E-state index is 13.3. The molecule has 31 heavy (non-hydrogen) atoms. The first kappa shape index (κ1) is 20.8. The predicted octanol–water partition coefficient (Wildman–Crippen LogP) is 2.68. The van der Waals surface area contributed by atoms with Crippen LogP contribution in [0.25, 0.3) is 22.6 Å². The molecule has 0 saturated heterocycles. The third-order valence-electron chi connectivity index (χ3n) is 5.76. The van der Waals surface area contributed by atoms with Gasteiger partial charge in [-0.2, -0.15) is 4.98 Å². The van der Waals surface area contributed by atoms with Gasteiger partial charge in [-0.25, -0.2) is 4.79 Å². The fourth-order valence-electron chi connectivity index (χ4n) is 3.88. The molecule has 162 valence electrons. The minimum Gasteiger partial charge on any atom is -0.297 e. The molecule has 4 aromatic rings. The molecule has 0 amide bonds. The van der Waals surface area contributed by atoms with E-state index in [4.69, 9.17) is 0 Å². The zero-order valence-corrected chi connectivity index (χ0v) is 19.0. The van der Waals surface area contributed by atoms with Crippen molar-refractivity contribution in [2.75, 3.05) is 0 Å². The number of hydrogen-bond acceptors (Lipinski definition) is 4. The van der Waals surface area contributed by atoms with E-state index >= 15 is 0 Å². The van der Waals surface area contributed by atoms with Crippen LogP contribution in [0.5, 0.6) is 0 Å². The van der Waals surface area contributed by atoms with Crippen molar-refractivity contribution in [3.63, 3.8) is 0 Å². The Morgan fingerprint density at radius 1 is 1.10 bits per heavy atom. The number of fused-ring (bicyclic) bond motifs is 3. The highest BCUT2D eigenvalue weighted by molar-refractivity contribution is 5.84. The summed E-state index contributed by atoms with van der Waals surface area (Å²) >= 11 is 0. The second-order valence-corrected chi connectivity index (χ2v) is 9.26. The zero-order valence-electron chi connectivity index (χ0n) is 19.0. The Hall–Kier alpha value is -3.42. The second-order valence-electron chi connectivity index (χ2n) is 9.26. The molecule has 0 unspecified atom stereocenters. The third kappa shape index (κ3) is 3.13. The van der Waals surface area contributed by atoms with Crippen molar-refractivity contribution in [1.82, 2.24) is 23.1 Å². The fourth-order valence-corrected chi connectivity index (χ4v) is 3.88. The third-order valence-corrected chi connectivity index (χ3v) is 5.76. The van der Waals surface area contributed by atoms with Gasteiger partial charge in [-0.15, -0.1) is 0 Å². The van der Waals surface area contributed by atoms with Crippen molar-refractivity contribution in [2.45, 2.75) is 48.1 Å². The summed E-state index contributed by atoms with van der Waals surface area (Å²) in [6.07, 6.45) is 1.84. The highest BCUT2D eigenvalue weighted by Crippen LogP contribution is 2.24. The molecule has 0 N–H and O–H groups in total. The minimum atomic E-state index is -0.658. The number of aromatic nitrogens is 5. The molecule has 3 heterocycles. The van der Waals surface area contributed by atoms with Crippen LogP contribution in [0.2, 0.25) is 0 Å². The van der Waals surface area contributed by atoms with E-state index in [-0.39, 0.29) is 17.8 Å². The first-order valence-electron chi connectivity index (χ1n) is 10.2. The summed E-state index contributed by atoms with van der Waals surface area (Å²) in [4.78, 5) is 43.4. The largest absolute Gasteiger partial charge is 0.332 e. The zero-order chi connectivity index (χ0) is 22.8. The van der Waals surface area contributed by atoms with Gasteiger partial charge in [-0.05, 0) is 32.4 Å². The van der Waals surface area contributed by atoms with Crippen LogP contribution in [0, 0.1) is 26.2 Å². The van der Waals surface area contributed by atoms with Crippen LogP contribution in [-0.2, 0) is 18.4 Å². The van der Waals surface area contributed by atoms with E-state index in [0.29, 0.717) is 11.4 Å². The summed E-state index contributed by atoms with van der Waals surface area (Å²) in [6.45, 7) is 11.1. The molecule has 4 rings (SSSR count). The Bertz CT molecular complexity index is 1490. The van der Waals surface area contributed by atoms with E-state index < -0.39 is 16.7 Å². The molecule has 1 aromatic carbocycles. The average molecular weight is 422 g/mol. The molecular formula is C23H27N5O3. The molecular weight excluding hydrogens is 394 g/mol. The molecule has 0 aliphatic heterocycles. The van der Waals surface area contributed by atoms with Crippen molar-refractivity contribution in [1.29, 1.82) is 0 Å². The van der Waals surface area contributed by atoms with Gasteiger partial charge >= 0.3 is 5.69 Å². The molecule has 3 aromatic heterocycles. The van der Waals surface area contributed by atoms with Crippen LogP contribution in [0.15, 0.2) is 34.0 Å². The number of nitrogens with zero attached hydrogens (tertiary/aromatic N) is 5. The van der Waals surface area contributed by atoms with E-state index in [1.54, 1.807) is 32.2 Å². The number of benzene rings is 1. The number of imidazole rings is 2. The van der Waals surface area contributed by atoms with E-state index in [0.717, 1.165) is 27.1 Å². The average Bonchev–Trinajstić information content (AvgIpc) is 3.18. The molecule has 0 aliphatic rings.